The van der Waals surface area contributed by atoms with Crippen molar-refractivity contribution in [3.8, 4) is 12.3 Å². The first-order valence-corrected chi connectivity index (χ1v) is 11.6. The highest BCUT2D eigenvalue weighted by molar-refractivity contribution is 5.99. The molecule has 2 N–H and O–H groups in total. The molecule has 7 nitrogen and oxygen atoms in total. The minimum atomic E-state index is -1.03. The smallest absolute Gasteiger partial charge is 0.408 e. The van der Waals surface area contributed by atoms with Crippen LogP contribution in [0.2, 0.25) is 0 Å². The molecule has 0 aromatic heterocycles. The molecule has 2 aromatic rings. The zero-order chi connectivity index (χ0) is 26.3. The van der Waals surface area contributed by atoms with E-state index in [1.54, 1.807) is 58.0 Å². The van der Waals surface area contributed by atoms with Crippen LogP contribution < -0.4 is 10.6 Å². The third kappa shape index (κ3) is 7.35. The lowest BCUT2D eigenvalue weighted by molar-refractivity contribution is -0.142. The predicted molar refractivity (Wildman–Crippen MR) is 138 cm³/mol. The van der Waals surface area contributed by atoms with Crippen LogP contribution in [0.15, 0.2) is 48.5 Å². The first-order chi connectivity index (χ1) is 16.4. The Morgan fingerprint density at radius 1 is 1.00 bits per heavy atom. The minimum absolute atomic E-state index is 0.385. The highest BCUT2D eigenvalue weighted by Crippen LogP contribution is 2.29. The van der Waals surface area contributed by atoms with E-state index in [9.17, 15) is 14.4 Å². The van der Waals surface area contributed by atoms with Crippen LogP contribution in [0.3, 0.4) is 0 Å². The molecular weight excluding hydrogens is 442 g/mol. The van der Waals surface area contributed by atoms with Gasteiger partial charge < -0.3 is 20.3 Å². The van der Waals surface area contributed by atoms with E-state index in [0.29, 0.717) is 16.8 Å². The summed E-state index contributed by atoms with van der Waals surface area (Å²) in [6, 6.07) is 12.1. The first-order valence-electron chi connectivity index (χ1n) is 11.6. The zero-order valence-corrected chi connectivity index (χ0v) is 21.5. The Kier molecular flexibility index (Phi) is 9.07. The molecule has 0 radical (unpaired) electrons. The lowest BCUT2D eigenvalue weighted by Crippen LogP contribution is -2.53. The fourth-order valence-corrected chi connectivity index (χ4v) is 3.65. The molecule has 0 saturated carbocycles. The number of carbonyl (C=O) groups excluding carboxylic acids is 3. The van der Waals surface area contributed by atoms with Crippen molar-refractivity contribution in [1.29, 1.82) is 0 Å². The van der Waals surface area contributed by atoms with Crippen molar-refractivity contribution in [1.82, 2.24) is 10.2 Å². The molecule has 0 aliphatic carbocycles. The summed E-state index contributed by atoms with van der Waals surface area (Å²) in [7, 11) is 0. The molecule has 0 aliphatic heterocycles. The largest absolute Gasteiger partial charge is 0.444 e. The highest BCUT2D eigenvalue weighted by Gasteiger charge is 2.37. The summed E-state index contributed by atoms with van der Waals surface area (Å²) in [5, 5.41) is 5.53. The number of terminal acetylenes is 1. The van der Waals surface area contributed by atoms with Crippen molar-refractivity contribution in [2.24, 2.45) is 0 Å². The number of para-hydroxylation sites is 1. The van der Waals surface area contributed by atoms with Crippen LogP contribution in [0.25, 0.3) is 0 Å². The average molecular weight is 478 g/mol. The Balaban J connectivity index is 2.49. The SMILES string of the molecule is C#Cc1ccccc1C(C(=O)Nc1ccccc1C)N(C(=O)C(C)NC(=O)OC(C)(C)C)C(C)C. The molecule has 3 amide bonds. The van der Waals surface area contributed by atoms with Crippen molar-refractivity contribution < 1.29 is 19.1 Å². The van der Waals surface area contributed by atoms with Gasteiger partial charge in [0.15, 0.2) is 0 Å². The Morgan fingerprint density at radius 2 is 1.60 bits per heavy atom. The van der Waals surface area contributed by atoms with Gasteiger partial charge in [0, 0.05) is 17.3 Å². The molecule has 186 valence electrons. The van der Waals surface area contributed by atoms with E-state index in [2.05, 4.69) is 16.6 Å². The molecule has 0 saturated heterocycles. The Labute approximate surface area is 208 Å². The van der Waals surface area contributed by atoms with Gasteiger partial charge in [0.1, 0.15) is 17.7 Å². The predicted octanol–water partition coefficient (Wildman–Crippen LogP) is 4.81. The number of rotatable bonds is 7. The normalized spacial score (nSPS) is 12.8. The number of nitrogens with one attached hydrogen (secondary N) is 2. The van der Waals surface area contributed by atoms with Crippen molar-refractivity contribution in [3.63, 3.8) is 0 Å². The lowest BCUT2D eigenvalue weighted by Gasteiger charge is -2.37. The second-order valence-corrected chi connectivity index (χ2v) is 9.65. The number of hydrogen-bond acceptors (Lipinski definition) is 4. The summed E-state index contributed by atoms with van der Waals surface area (Å²) in [6.07, 6.45) is 5.03. The zero-order valence-electron chi connectivity index (χ0n) is 21.5. The van der Waals surface area contributed by atoms with Gasteiger partial charge in [0.05, 0.1) is 0 Å². The number of benzene rings is 2. The van der Waals surface area contributed by atoms with Gasteiger partial charge in [-0.25, -0.2) is 4.79 Å². The molecule has 2 aromatic carbocycles. The number of ether oxygens (including phenoxy) is 1. The van der Waals surface area contributed by atoms with Gasteiger partial charge in [-0.3, -0.25) is 9.59 Å². The van der Waals surface area contributed by atoms with Crippen LogP contribution in [0.5, 0.6) is 0 Å². The molecule has 0 bridgehead atoms. The first kappa shape index (κ1) is 27.5. The number of hydrogen-bond donors (Lipinski definition) is 2. The summed E-state index contributed by atoms with van der Waals surface area (Å²) in [5.74, 6) is 1.77. The molecular formula is C28H35N3O4. The molecule has 0 aliphatic rings. The maximum absolute atomic E-state index is 13.7. The van der Waals surface area contributed by atoms with E-state index in [1.807, 2.05) is 39.0 Å². The monoisotopic (exact) mass is 477 g/mol. The van der Waals surface area contributed by atoms with E-state index in [4.69, 9.17) is 11.2 Å². The molecule has 35 heavy (non-hydrogen) atoms. The summed E-state index contributed by atoms with van der Waals surface area (Å²) >= 11 is 0. The lowest BCUT2D eigenvalue weighted by atomic mass is 9.96. The van der Waals surface area contributed by atoms with E-state index in [1.165, 1.54) is 4.90 Å². The fourth-order valence-electron chi connectivity index (χ4n) is 3.65. The minimum Gasteiger partial charge on any atom is -0.444 e. The topological polar surface area (TPSA) is 87.7 Å². The number of anilines is 1. The number of nitrogens with zero attached hydrogens (tertiary/aromatic N) is 1. The van der Waals surface area contributed by atoms with Crippen molar-refractivity contribution in [2.45, 2.75) is 72.2 Å². The average Bonchev–Trinajstić information content (AvgIpc) is 2.76. The fraction of sp³-hybridized carbons (Fsp3) is 0.393. The standard InChI is InChI=1S/C28H35N3O4/c1-9-21-15-11-12-16-22(21)24(25(32)30-23-17-13-10-14-19(23)4)31(18(2)3)26(33)20(5)29-27(34)35-28(6,7)8/h1,10-18,20,24H,2-8H3,(H,29,34)(H,30,32). The number of alkyl carbamates (subject to hydrolysis) is 1. The molecule has 0 heterocycles. The molecule has 2 rings (SSSR count). The van der Waals surface area contributed by atoms with Gasteiger partial charge in [0.25, 0.3) is 5.91 Å². The third-order valence-electron chi connectivity index (χ3n) is 5.25. The second kappa shape index (κ2) is 11.6. The number of carbonyl (C=O) groups is 3. The quantitative estimate of drug-likeness (QED) is 0.561. The van der Waals surface area contributed by atoms with Crippen molar-refractivity contribution in [2.75, 3.05) is 5.32 Å². The molecule has 0 fully saturated rings. The Morgan fingerprint density at radius 3 is 2.17 bits per heavy atom. The maximum atomic E-state index is 13.7. The molecule has 7 heteroatoms. The summed E-state index contributed by atoms with van der Waals surface area (Å²) in [6.45, 7) is 12.3. The maximum Gasteiger partial charge on any atom is 0.408 e. The van der Waals surface area contributed by atoms with Gasteiger partial charge in [-0.1, -0.05) is 42.3 Å². The summed E-state index contributed by atoms with van der Waals surface area (Å²) < 4.78 is 5.29. The van der Waals surface area contributed by atoms with Crippen LogP contribution in [-0.2, 0) is 14.3 Å². The van der Waals surface area contributed by atoms with Crippen LogP contribution in [0.4, 0.5) is 10.5 Å². The van der Waals surface area contributed by atoms with Crippen molar-refractivity contribution >= 4 is 23.6 Å². The van der Waals surface area contributed by atoms with Crippen LogP contribution in [-0.4, -0.2) is 40.5 Å². The summed E-state index contributed by atoms with van der Waals surface area (Å²) in [5.41, 5.74) is 1.83. The van der Waals surface area contributed by atoms with Gasteiger partial charge >= 0.3 is 6.09 Å². The van der Waals surface area contributed by atoms with E-state index >= 15 is 0 Å². The van der Waals surface area contributed by atoms with Gasteiger partial charge in [0.2, 0.25) is 5.91 Å². The van der Waals surface area contributed by atoms with Gasteiger partial charge in [-0.05, 0) is 71.7 Å². The van der Waals surface area contributed by atoms with Crippen LogP contribution in [0.1, 0.15) is 64.3 Å². The van der Waals surface area contributed by atoms with Crippen molar-refractivity contribution in [3.05, 3.63) is 65.2 Å². The van der Waals surface area contributed by atoms with Gasteiger partial charge in [-0.2, -0.15) is 0 Å². The van der Waals surface area contributed by atoms with Crippen LogP contribution in [0, 0.1) is 19.3 Å². The molecule has 0 spiro atoms. The second-order valence-electron chi connectivity index (χ2n) is 9.65. The number of amides is 3. The van der Waals surface area contributed by atoms with Crippen LogP contribution >= 0.6 is 0 Å². The Hall–Kier alpha value is -3.79. The number of aryl methyl sites for hydroxylation is 1. The van der Waals surface area contributed by atoms with E-state index in [-0.39, 0.29) is 6.04 Å². The summed E-state index contributed by atoms with van der Waals surface area (Å²) in [4.78, 5) is 41.1. The molecule has 2 atom stereocenters. The third-order valence-corrected chi connectivity index (χ3v) is 5.25. The highest BCUT2D eigenvalue weighted by atomic mass is 16.6. The Bertz CT molecular complexity index is 1110. The van der Waals surface area contributed by atoms with E-state index < -0.39 is 35.6 Å². The molecule has 2 unspecified atom stereocenters. The van der Waals surface area contributed by atoms with Gasteiger partial charge in [-0.15, -0.1) is 6.42 Å². The van der Waals surface area contributed by atoms with E-state index in [0.717, 1.165) is 5.56 Å².